The molecule has 2 aromatic carbocycles. The molecule has 2 aromatic rings. The number of anilines is 2. The molecule has 20 heavy (non-hydrogen) atoms. The highest BCUT2D eigenvalue weighted by Gasteiger charge is 2.36. The number of amides is 2. The lowest BCUT2D eigenvalue weighted by Crippen LogP contribution is -2.29. The second-order valence-corrected chi connectivity index (χ2v) is 5.35. The van der Waals surface area contributed by atoms with Crippen molar-refractivity contribution in [2.24, 2.45) is 0 Å². The Bertz CT molecular complexity index is 710. The number of halogens is 1. The molecule has 5 heteroatoms. The van der Waals surface area contributed by atoms with E-state index in [4.69, 9.17) is 0 Å². The zero-order valence-corrected chi connectivity index (χ0v) is 12.3. The van der Waals surface area contributed by atoms with Crippen molar-refractivity contribution in [1.82, 2.24) is 0 Å². The van der Waals surface area contributed by atoms with Crippen molar-refractivity contribution in [2.45, 2.75) is 0 Å². The molecule has 1 aliphatic heterocycles. The number of hydrogen-bond acceptors (Lipinski definition) is 3. The second-order valence-electron chi connectivity index (χ2n) is 4.43. The number of nitrogens with one attached hydrogen (secondary N) is 1. The number of hydrogen-bond donors (Lipinski definition) is 1. The summed E-state index contributed by atoms with van der Waals surface area (Å²) in [7, 11) is 1.81. The molecule has 0 saturated carbocycles. The molecule has 0 fully saturated rings. The van der Waals surface area contributed by atoms with Crippen molar-refractivity contribution in [1.29, 1.82) is 0 Å². The Kier molecular flexibility index (Phi) is 3.06. The maximum atomic E-state index is 12.4. The summed E-state index contributed by atoms with van der Waals surface area (Å²) in [5, 5.41) is 3.00. The van der Waals surface area contributed by atoms with Gasteiger partial charge in [-0.25, -0.2) is 4.90 Å². The van der Waals surface area contributed by atoms with Crippen LogP contribution >= 0.6 is 15.9 Å². The minimum absolute atomic E-state index is 0.283. The molecule has 0 bridgehead atoms. The van der Waals surface area contributed by atoms with E-state index in [9.17, 15) is 9.59 Å². The fourth-order valence-electron chi connectivity index (χ4n) is 2.22. The van der Waals surface area contributed by atoms with Crippen LogP contribution in [0.5, 0.6) is 0 Å². The van der Waals surface area contributed by atoms with Crippen molar-refractivity contribution < 1.29 is 9.59 Å². The van der Waals surface area contributed by atoms with Gasteiger partial charge in [0, 0.05) is 17.2 Å². The van der Waals surface area contributed by atoms with Crippen LogP contribution in [-0.4, -0.2) is 18.9 Å². The molecule has 0 unspecified atom stereocenters. The SMILES string of the molecule is CNc1ccc(N2C(=O)c3ccc(Br)cc3C2=O)cc1. The summed E-state index contributed by atoms with van der Waals surface area (Å²) in [6.45, 7) is 0. The number of imide groups is 1. The van der Waals surface area contributed by atoms with Gasteiger partial charge in [-0.2, -0.15) is 0 Å². The third-order valence-electron chi connectivity index (χ3n) is 3.26. The van der Waals surface area contributed by atoms with Crippen molar-refractivity contribution in [3.8, 4) is 0 Å². The highest BCUT2D eigenvalue weighted by Crippen LogP contribution is 2.30. The monoisotopic (exact) mass is 330 g/mol. The van der Waals surface area contributed by atoms with E-state index in [2.05, 4.69) is 21.2 Å². The molecular weight excluding hydrogens is 320 g/mol. The van der Waals surface area contributed by atoms with Gasteiger partial charge in [0.15, 0.2) is 0 Å². The van der Waals surface area contributed by atoms with Gasteiger partial charge in [0.05, 0.1) is 16.8 Å². The average Bonchev–Trinajstić information content (AvgIpc) is 2.71. The summed E-state index contributed by atoms with van der Waals surface area (Å²) in [6, 6.07) is 12.3. The van der Waals surface area contributed by atoms with Crippen LogP contribution in [0.1, 0.15) is 20.7 Å². The fraction of sp³-hybridized carbons (Fsp3) is 0.0667. The molecule has 1 N–H and O–H groups in total. The number of rotatable bonds is 2. The van der Waals surface area contributed by atoms with Gasteiger partial charge in [-0.1, -0.05) is 15.9 Å². The van der Waals surface area contributed by atoms with E-state index >= 15 is 0 Å². The Morgan fingerprint density at radius 2 is 1.60 bits per heavy atom. The number of nitrogens with zero attached hydrogens (tertiary/aromatic N) is 1. The van der Waals surface area contributed by atoms with Gasteiger partial charge in [0.25, 0.3) is 11.8 Å². The van der Waals surface area contributed by atoms with Crippen molar-refractivity contribution in [2.75, 3.05) is 17.3 Å². The second kappa shape index (κ2) is 4.76. The fourth-order valence-corrected chi connectivity index (χ4v) is 2.59. The lowest BCUT2D eigenvalue weighted by Gasteiger charge is -2.14. The Morgan fingerprint density at radius 1 is 0.950 bits per heavy atom. The van der Waals surface area contributed by atoms with E-state index in [-0.39, 0.29) is 11.8 Å². The van der Waals surface area contributed by atoms with Gasteiger partial charge in [-0.3, -0.25) is 9.59 Å². The quantitative estimate of drug-likeness (QED) is 0.859. The summed E-state index contributed by atoms with van der Waals surface area (Å²) in [6.07, 6.45) is 0. The van der Waals surface area contributed by atoms with Gasteiger partial charge in [0.1, 0.15) is 0 Å². The van der Waals surface area contributed by atoms with Gasteiger partial charge < -0.3 is 5.32 Å². The van der Waals surface area contributed by atoms with Crippen LogP contribution in [0.25, 0.3) is 0 Å². The van der Waals surface area contributed by atoms with Crippen LogP contribution in [-0.2, 0) is 0 Å². The average molecular weight is 331 g/mol. The molecule has 100 valence electrons. The standard InChI is InChI=1S/C15H11BrN2O2/c1-17-10-3-5-11(6-4-10)18-14(19)12-7-2-9(16)8-13(12)15(18)20/h2-8,17H,1H3. The molecule has 0 spiro atoms. The molecule has 0 aliphatic carbocycles. The largest absolute Gasteiger partial charge is 0.388 e. The Morgan fingerprint density at radius 3 is 2.25 bits per heavy atom. The molecule has 0 atom stereocenters. The molecule has 0 aromatic heterocycles. The lowest BCUT2D eigenvalue weighted by molar-refractivity contribution is 0.0926. The molecular formula is C15H11BrN2O2. The predicted octanol–water partition coefficient (Wildman–Crippen LogP) is 3.29. The van der Waals surface area contributed by atoms with Crippen molar-refractivity contribution in [3.63, 3.8) is 0 Å². The van der Waals surface area contributed by atoms with Crippen molar-refractivity contribution >= 4 is 39.1 Å². The summed E-state index contributed by atoms with van der Waals surface area (Å²) in [4.78, 5) is 25.9. The third kappa shape index (κ3) is 1.91. The smallest absolute Gasteiger partial charge is 0.266 e. The number of benzene rings is 2. The Balaban J connectivity index is 2.04. The van der Waals surface area contributed by atoms with Gasteiger partial charge >= 0.3 is 0 Å². The van der Waals surface area contributed by atoms with Crippen LogP contribution in [0.15, 0.2) is 46.9 Å². The number of carbonyl (C=O) groups excluding carboxylic acids is 2. The van der Waals surface area contributed by atoms with Crippen LogP contribution in [0.3, 0.4) is 0 Å². The van der Waals surface area contributed by atoms with Gasteiger partial charge in [0.2, 0.25) is 0 Å². The van der Waals surface area contributed by atoms with Crippen LogP contribution in [0.2, 0.25) is 0 Å². The summed E-state index contributed by atoms with van der Waals surface area (Å²) in [5.41, 5.74) is 2.37. The van der Waals surface area contributed by atoms with Gasteiger partial charge in [-0.15, -0.1) is 0 Å². The van der Waals surface area contributed by atoms with E-state index in [0.29, 0.717) is 16.8 Å². The van der Waals surface area contributed by atoms with Gasteiger partial charge in [-0.05, 0) is 42.5 Å². The van der Waals surface area contributed by atoms with Crippen LogP contribution in [0, 0.1) is 0 Å². The molecule has 4 nitrogen and oxygen atoms in total. The highest BCUT2D eigenvalue weighted by molar-refractivity contribution is 9.10. The number of fused-ring (bicyclic) bond motifs is 1. The highest BCUT2D eigenvalue weighted by atomic mass is 79.9. The van der Waals surface area contributed by atoms with E-state index in [1.807, 2.05) is 19.2 Å². The first-order chi connectivity index (χ1) is 9.61. The predicted molar refractivity (Wildman–Crippen MR) is 81.3 cm³/mol. The minimum Gasteiger partial charge on any atom is -0.388 e. The Labute approximate surface area is 124 Å². The molecule has 2 amide bonds. The first kappa shape index (κ1) is 12.9. The lowest BCUT2D eigenvalue weighted by atomic mass is 10.1. The number of carbonyl (C=O) groups is 2. The maximum Gasteiger partial charge on any atom is 0.266 e. The molecule has 3 rings (SSSR count). The minimum atomic E-state index is -0.288. The normalized spacial score (nSPS) is 13.6. The van der Waals surface area contributed by atoms with Crippen LogP contribution < -0.4 is 10.2 Å². The zero-order chi connectivity index (χ0) is 14.3. The first-order valence-corrected chi connectivity index (χ1v) is 6.87. The van der Waals surface area contributed by atoms with E-state index < -0.39 is 0 Å². The van der Waals surface area contributed by atoms with Crippen molar-refractivity contribution in [3.05, 3.63) is 58.1 Å². The topological polar surface area (TPSA) is 49.4 Å². The third-order valence-corrected chi connectivity index (χ3v) is 3.76. The summed E-state index contributed by atoms with van der Waals surface area (Å²) in [5.74, 6) is -0.571. The molecule has 0 saturated heterocycles. The molecule has 0 radical (unpaired) electrons. The molecule has 1 aliphatic rings. The van der Waals surface area contributed by atoms with Crippen LogP contribution in [0.4, 0.5) is 11.4 Å². The summed E-state index contributed by atoms with van der Waals surface area (Å²) >= 11 is 3.32. The molecule has 1 heterocycles. The zero-order valence-electron chi connectivity index (χ0n) is 10.7. The summed E-state index contributed by atoms with van der Waals surface area (Å²) < 4.78 is 0.782. The Hall–Kier alpha value is -2.14. The first-order valence-electron chi connectivity index (χ1n) is 6.08. The van der Waals surface area contributed by atoms with E-state index in [1.54, 1.807) is 30.3 Å². The van der Waals surface area contributed by atoms with E-state index in [0.717, 1.165) is 10.2 Å². The van der Waals surface area contributed by atoms with E-state index in [1.165, 1.54) is 4.90 Å². The maximum absolute atomic E-state index is 12.4.